The number of carbonyl (C=O) groups excluding carboxylic acids is 1. The maximum Gasteiger partial charge on any atom is 0.270 e. The molecule has 2 aromatic carbocycles. The van der Waals surface area contributed by atoms with Crippen molar-refractivity contribution in [2.75, 3.05) is 12.0 Å². The summed E-state index contributed by atoms with van der Waals surface area (Å²) in [6, 6.07) is 14.8. The summed E-state index contributed by atoms with van der Waals surface area (Å²) in [5, 5.41) is 0.660. The number of hydrogen-bond acceptors (Lipinski definition) is 3. The number of aryl methyl sites for hydroxylation is 1. The lowest BCUT2D eigenvalue weighted by Gasteiger charge is -2.12. The fraction of sp³-hybridized carbons (Fsp3) is 0.100. The van der Waals surface area contributed by atoms with Crippen molar-refractivity contribution < 1.29 is 4.79 Å². The van der Waals surface area contributed by atoms with E-state index in [9.17, 15) is 4.79 Å². The SMILES string of the molecule is C=CCN=c1sc(C)c(-c2ccc(Cl)cc2)n1NC(=O)c1cccc(Br)c1. The van der Waals surface area contributed by atoms with Crippen molar-refractivity contribution in [3.05, 3.63) is 85.9 Å². The first-order valence-electron chi connectivity index (χ1n) is 8.16. The van der Waals surface area contributed by atoms with Crippen LogP contribution in [0, 0.1) is 6.92 Å². The van der Waals surface area contributed by atoms with Crippen molar-refractivity contribution in [2.24, 2.45) is 4.99 Å². The van der Waals surface area contributed by atoms with Crippen molar-refractivity contribution in [3.63, 3.8) is 0 Å². The molecule has 3 aromatic rings. The van der Waals surface area contributed by atoms with Crippen molar-refractivity contribution in [1.82, 2.24) is 4.68 Å². The lowest BCUT2D eigenvalue weighted by Crippen LogP contribution is -2.31. The van der Waals surface area contributed by atoms with Gasteiger partial charge in [0.1, 0.15) is 0 Å². The Kier molecular flexibility index (Phi) is 6.31. The summed E-state index contributed by atoms with van der Waals surface area (Å²) < 4.78 is 2.58. The maximum atomic E-state index is 12.8. The van der Waals surface area contributed by atoms with Crippen molar-refractivity contribution in [1.29, 1.82) is 0 Å². The highest BCUT2D eigenvalue weighted by Crippen LogP contribution is 2.26. The Bertz CT molecular complexity index is 1050. The zero-order valence-corrected chi connectivity index (χ0v) is 17.7. The summed E-state index contributed by atoms with van der Waals surface area (Å²) in [6.07, 6.45) is 1.72. The zero-order valence-electron chi connectivity index (χ0n) is 14.6. The molecule has 27 heavy (non-hydrogen) atoms. The van der Waals surface area contributed by atoms with E-state index in [1.54, 1.807) is 22.9 Å². The molecule has 7 heteroatoms. The van der Waals surface area contributed by atoms with Crippen LogP contribution in [0.1, 0.15) is 15.2 Å². The lowest BCUT2D eigenvalue weighted by atomic mass is 10.1. The topological polar surface area (TPSA) is 46.4 Å². The van der Waals surface area contributed by atoms with Crippen LogP contribution in [-0.2, 0) is 0 Å². The molecule has 0 saturated heterocycles. The average molecular weight is 463 g/mol. The summed E-state index contributed by atoms with van der Waals surface area (Å²) in [5.41, 5.74) is 5.35. The van der Waals surface area contributed by atoms with Gasteiger partial charge in [-0.1, -0.05) is 63.1 Å². The molecule has 3 rings (SSSR count). The number of amides is 1. The first-order chi connectivity index (χ1) is 13.0. The van der Waals surface area contributed by atoms with E-state index in [2.05, 4.69) is 32.9 Å². The molecule has 1 heterocycles. The van der Waals surface area contributed by atoms with Gasteiger partial charge in [-0.3, -0.25) is 15.2 Å². The van der Waals surface area contributed by atoms with Gasteiger partial charge >= 0.3 is 0 Å². The van der Waals surface area contributed by atoms with Gasteiger partial charge in [0.05, 0.1) is 12.2 Å². The molecule has 0 aliphatic carbocycles. The van der Waals surface area contributed by atoms with Gasteiger partial charge in [-0.15, -0.1) is 6.58 Å². The third-order valence-electron chi connectivity index (χ3n) is 3.77. The predicted octanol–water partition coefficient (Wildman–Crippen LogP) is 5.41. The number of nitrogens with one attached hydrogen (secondary N) is 1. The molecule has 4 nitrogen and oxygen atoms in total. The van der Waals surface area contributed by atoms with Crippen LogP contribution in [0.3, 0.4) is 0 Å². The number of carbonyl (C=O) groups is 1. The second-order valence-corrected chi connectivity index (χ2v) is 8.25. The Morgan fingerprint density at radius 3 is 2.74 bits per heavy atom. The minimum atomic E-state index is -0.218. The predicted molar refractivity (Wildman–Crippen MR) is 116 cm³/mol. The minimum absolute atomic E-state index is 0.218. The standard InChI is InChI=1S/C20H17BrClN3OS/c1-3-11-23-20-25(24-19(26)15-5-4-6-16(21)12-15)18(13(2)27-20)14-7-9-17(22)10-8-14/h3-10,12H,1,11H2,2H3,(H,24,26). The van der Waals surface area contributed by atoms with E-state index in [0.29, 0.717) is 21.9 Å². The van der Waals surface area contributed by atoms with Gasteiger partial charge in [0.25, 0.3) is 5.91 Å². The molecule has 0 aliphatic heterocycles. The van der Waals surface area contributed by atoms with Crippen LogP contribution >= 0.6 is 38.9 Å². The third-order valence-corrected chi connectivity index (χ3v) is 5.51. The Labute approximate surface area is 174 Å². The van der Waals surface area contributed by atoms with E-state index in [1.165, 1.54) is 11.3 Å². The fourth-order valence-electron chi connectivity index (χ4n) is 2.57. The molecule has 0 bridgehead atoms. The van der Waals surface area contributed by atoms with E-state index in [1.807, 2.05) is 43.3 Å². The second kappa shape index (κ2) is 8.69. The molecule has 0 saturated carbocycles. The molecule has 0 unspecified atom stereocenters. The molecule has 0 radical (unpaired) electrons. The first kappa shape index (κ1) is 19.6. The molecule has 138 valence electrons. The highest BCUT2D eigenvalue weighted by Gasteiger charge is 2.16. The van der Waals surface area contributed by atoms with Crippen LogP contribution in [0.4, 0.5) is 0 Å². The van der Waals surface area contributed by atoms with Gasteiger partial charge in [0, 0.05) is 25.5 Å². The van der Waals surface area contributed by atoms with Gasteiger partial charge in [0.2, 0.25) is 4.80 Å². The lowest BCUT2D eigenvalue weighted by molar-refractivity contribution is 0.101. The van der Waals surface area contributed by atoms with E-state index in [0.717, 1.165) is 20.6 Å². The van der Waals surface area contributed by atoms with Gasteiger partial charge in [-0.2, -0.15) is 0 Å². The number of hydrogen-bond donors (Lipinski definition) is 1. The van der Waals surface area contributed by atoms with Crippen LogP contribution in [0.15, 0.2) is 70.7 Å². The molecule has 0 spiro atoms. The van der Waals surface area contributed by atoms with E-state index in [4.69, 9.17) is 11.6 Å². The first-order valence-corrected chi connectivity index (χ1v) is 10.1. The summed E-state index contributed by atoms with van der Waals surface area (Å²) >= 11 is 10.9. The number of thiazole rings is 1. The Balaban J connectivity index is 2.09. The molecular formula is C20H17BrClN3OS. The third kappa shape index (κ3) is 4.58. The number of benzene rings is 2. The van der Waals surface area contributed by atoms with E-state index >= 15 is 0 Å². The van der Waals surface area contributed by atoms with Crippen LogP contribution in [0.2, 0.25) is 5.02 Å². The number of halogens is 2. The summed E-state index contributed by atoms with van der Waals surface area (Å²) in [6.45, 7) is 6.18. The monoisotopic (exact) mass is 461 g/mol. The maximum absolute atomic E-state index is 12.8. The average Bonchev–Trinajstić information content (AvgIpc) is 2.96. The molecular weight excluding hydrogens is 446 g/mol. The summed E-state index contributed by atoms with van der Waals surface area (Å²) in [4.78, 5) is 19.1. The van der Waals surface area contributed by atoms with Gasteiger partial charge in [-0.05, 0) is 37.3 Å². The molecule has 1 amide bonds. The van der Waals surface area contributed by atoms with Crippen molar-refractivity contribution >= 4 is 44.8 Å². The number of rotatable bonds is 5. The smallest absolute Gasteiger partial charge is 0.267 e. The number of aromatic nitrogens is 1. The normalized spacial score (nSPS) is 11.4. The van der Waals surface area contributed by atoms with Gasteiger partial charge in [-0.25, -0.2) is 4.68 Å². The number of nitrogens with zero attached hydrogens (tertiary/aromatic N) is 2. The fourth-order valence-corrected chi connectivity index (χ4v) is 4.04. The largest absolute Gasteiger partial charge is 0.270 e. The summed E-state index contributed by atoms with van der Waals surface area (Å²) in [5.74, 6) is -0.218. The Morgan fingerprint density at radius 2 is 2.07 bits per heavy atom. The van der Waals surface area contributed by atoms with Gasteiger partial charge in [0.15, 0.2) is 0 Å². The van der Waals surface area contributed by atoms with Crippen LogP contribution in [0.25, 0.3) is 11.3 Å². The Morgan fingerprint density at radius 1 is 1.33 bits per heavy atom. The second-order valence-electron chi connectivity index (χ2n) is 5.71. The highest BCUT2D eigenvalue weighted by atomic mass is 79.9. The van der Waals surface area contributed by atoms with Crippen molar-refractivity contribution in [3.8, 4) is 11.3 Å². The molecule has 1 aromatic heterocycles. The van der Waals surface area contributed by atoms with Gasteiger partial charge < -0.3 is 0 Å². The molecule has 1 N–H and O–H groups in total. The highest BCUT2D eigenvalue weighted by molar-refractivity contribution is 9.10. The van der Waals surface area contributed by atoms with Crippen molar-refractivity contribution in [2.45, 2.75) is 6.92 Å². The van der Waals surface area contributed by atoms with Crippen LogP contribution in [-0.4, -0.2) is 17.1 Å². The minimum Gasteiger partial charge on any atom is -0.267 e. The van der Waals surface area contributed by atoms with Crippen LogP contribution < -0.4 is 10.2 Å². The van der Waals surface area contributed by atoms with E-state index < -0.39 is 0 Å². The quantitative estimate of drug-likeness (QED) is 0.506. The van der Waals surface area contributed by atoms with E-state index in [-0.39, 0.29) is 5.91 Å². The summed E-state index contributed by atoms with van der Waals surface area (Å²) in [7, 11) is 0. The molecule has 0 aliphatic rings. The zero-order chi connectivity index (χ0) is 19.4. The Hall–Kier alpha value is -2.15. The molecule has 0 fully saturated rings. The van der Waals surface area contributed by atoms with Crippen LogP contribution in [0.5, 0.6) is 0 Å². The molecule has 0 atom stereocenters.